The number of hydrogen-bond acceptors (Lipinski definition) is 6. The number of aliphatic carboxylic acids is 1. The van der Waals surface area contributed by atoms with Crippen LogP contribution in [0.5, 0.6) is 0 Å². The molecule has 1 unspecified atom stereocenters. The number of amides is 2. The molecule has 1 aliphatic heterocycles. The lowest BCUT2D eigenvalue weighted by molar-refractivity contribution is -0.155. The number of piperidine rings is 1. The van der Waals surface area contributed by atoms with Crippen LogP contribution in [0.1, 0.15) is 129 Å². The molecule has 1 aliphatic rings. The average Bonchev–Trinajstić information content (AvgIpc) is 2.86. The van der Waals surface area contributed by atoms with Gasteiger partial charge in [-0.05, 0) is 45.1 Å². The topological polar surface area (TPSA) is 148 Å². The molecule has 2 amide bonds. The van der Waals surface area contributed by atoms with Crippen LogP contribution in [0.15, 0.2) is 0 Å². The molecule has 0 aromatic carbocycles. The molecule has 1 heterocycles. The van der Waals surface area contributed by atoms with E-state index in [2.05, 4.69) is 17.6 Å². The van der Waals surface area contributed by atoms with Crippen molar-refractivity contribution in [3.05, 3.63) is 0 Å². The number of esters is 1. The summed E-state index contributed by atoms with van der Waals surface area (Å²) < 4.78 is 5.64. The number of primary amides is 1. The number of carbonyl (C=O) groups excluding carboxylic acids is 3. The summed E-state index contributed by atoms with van der Waals surface area (Å²) in [6.45, 7) is 2.97. The summed E-state index contributed by atoms with van der Waals surface area (Å²) in [6.07, 6.45) is 15.9. The molecular formula is C28H51N3O6. The largest absolute Gasteiger partial charge is 0.481 e. The first kappa shape index (κ1) is 32.9. The molecule has 214 valence electrons. The van der Waals surface area contributed by atoms with Gasteiger partial charge < -0.3 is 26.2 Å². The Labute approximate surface area is 223 Å². The molecule has 3 atom stereocenters. The van der Waals surface area contributed by atoms with Crippen LogP contribution in [0.2, 0.25) is 0 Å². The molecule has 9 heteroatoms. The lowest BCUT2D eigenvalue weighted by Crippen LogP contribution is -2.52. The molecule has 1 saturated heterocycles. The van der Waals surface area contributed by atoms with Gasteiger partial charge in [-0.3, -0.25) is 14.4 Å². The minimum absolute atomic E-state index is 0.0660. The smallest absolute Gasteiger partial charge is 0.328 e. The van der Waals surface area contributed by atoms with E-state index in [1.807, 2.05) is 0 Å². The van der Waals surface area contributed by atoms with Crippen molar-refractivity contribution in [2.45, 2.75) is 147 Å². The first-order valence-corrected chi connectivity index (χ1v) is 14.6. The highest BCUT2D eigenvalue weighted by Crippen LogP contribution is 2.16. The zero-order valence-electron chi connectivity index (χ0n) is 22.9. The second kappa shape index (κ2) is 20.8. The Bertz CT molecular complexity index is 666. The van der Waals surface area contributed by atoms with Crippen molar-refractivity contribution in [1.82, 2.24) is 10.6 Å². The molecule has 0 radical (unpaired) electrons. The third kappa shape index (κ3) is 17.1. The SMILES string of the molecule is CCCCCCCCCCCCC[C@@H](CC(N)=O)OC(=O)[C@H](CCCC(=O)O)NC(=O)C1CCCCN1. The molecule has 5 N–H and O–H groups in total. The fraction of sp³-hybridized carbons (Fsp3) is 0.857. The minimum atomic E-state index is -0.963. The Kier molecular flexibility index (Phi) is 18.5. The van der Waals surface area contributed by atoms with Crippen LogP contribution in [0.4, 0.5) is 0 Å². The number of nitrogens with one attached hydrogen (secondary N) is 2. The number of unbranched alkanes of at least 4 members (excludes halogenated alkanes) is 10. The van der Waals surface area contributed by atoms with Crippen molar-refractivity contribution in [3.63, 3.8) is 0 Å². The van der Waals surface area contributed by atoms with E-state index in [-0.39, 0.29) is 37.6 Å². The van der Waals surface area contributed by atoms with E-state index in [0.717, 1.165) is 38.6 Å². The zero-order valence-corrected chi connectivity index (χ0v) is 22.9. The van der Waals surface area contributed by atoms with Gasteiger partial charge in [0, 0.05) is 6.42 Å². The van der Waals surface area contributed by atoms with Crippen LogP contribution in [-0.2, 0) is 23.9 Å². The number of carbonyl (C=O) groups is 4. The molecule has 1 rings (SSSR count). The van der Waals surface area contributed by atoms with Gasteiger partial charge in [0.1, 0.15) is 12.1 Å². The number of hydrogen-bond donors (Lipinski definition) is 4. The predicted molar refractivity (Wildman–Crippen MR) is 144 cm³/mol. The Hall–Kier alpha value is -2.16. The van der Waals surface area contributed by atoms with Crippen LogP contribution < -0.4 is 16.4 Å². The second-order valence-electron chi connectivity index (χ2n) is 10.4. The Morgan fingerprint density at radius 2 is 1.54 bits per heavy atom. The molecule has 0 spiro atoms. The van der Waals surface area contributed by atoms with Gasteiger partial charge in [-0.15, -0.1) is 0 Å². The Balaban J connectivity index is 2.49. The van der Waals surface area contributed by atoms with E-state index in [1.165, 1.54) is 51.4 Å². The zero-order chi connectivity index (χ0) is 27.3. The Morgan fingerprint density at radius 3 is 2.08 bits per heavy atom. The molecule has 0 aromatic heterocycles. The van der Waals surface area contributed by atoms with Gasteiger partial charge in [0.05, 0.1) is 12.5 Å². The quantitative estimate of drug-likeness (QED) is 0.121. The highest BCUT2D eigenvalue weighted by atomic mass is 16.5. The molecule has 0 aromatic rings. The van der Waals surface area contributed by atoms with Gasteiger partial charge in [0.25, 0.3) is 0 Å². The maximum Gasteiger partial charge on any atom is 0.328 e. The number of ether oxygens (including phenoxy) is 1. The number of carboxylic acid groups (broad SMARTS) is 1. The molecule has 37 heavy (non-hydrogen) atoms. The summed E-state index contributed by atoms with van der Waals surface area (Å²) in [5.41, 5.74) is 5.39. The molecule has 0 saturated carbocycles. The Morgan fingerprint density at radius 1 is 0.919 bits per heavy atom. The summed E-state index contributed by atoms with van der Waals surface area (Å²) in [5.74, 6) is -2.42. The van der Waals surface area contributed by atoms with Crippen molar-refractivity contribution in [1.29, 1.82) is 0 Å². The first-order valence-electron chi connectivity index (χ1n) is 14.6. The summed E-state index contributed by atoms with van der Waals surface area (Å²) in [4.78, 5) is 48.2. The number of carboxylic acids is 1. The summed E-state index contributed by atoms with van der Waals surface area (Å²) in [6, 6.07) is -1.33. The summed E-state index contributed by atoms with van der Waals surface area (Å²) in [7, 11) is 0. The van der Waals surface area contributed by atoms with E-state index in [0.29, 0.717) is 12.8 Å². The van der Waals surface area contributed by atoms with Gasteiger partial charge in [-0.2, -0.15) is 0 Å². The number of rotatable bonds is 22. The lowest BCUT2D eigenvalue weighted by Gasteiger charge is -2.26. The van der Waals surface area contributed by atoms with Crippen molar-refractivity contribution in [2.75, 3.05) is 6.54 Å². The van der Waals surface area contributed by atoms with E-state index in [4.69, 9.17) is 15.6 Å². The van der Waals surface area contributed by atoms with Crippen LogP contribution in [0, 0.1) is 0 Å². The van der Waals surface area contributed by atoms with Crippen molar-refractivity contribution in [2.24, 2.45) is 5.73 Å². The molecule has 1 fully saturated rings. The van der Waals surface area contributed by atoms with E-state index in [9.17, 15) is 19.2 Å². The maximum atomic E-state index is 13.0. The van der Waals surface area contributed by atoms with Crippen molar-refractivity contribution < 1.29 is 29.0 Å². The van der Waals surface area contributed by atoms with Gasteiger partial charge >= 0.3 is 11.9 Å². The van der Waals surface area contributed by atoms with Crippen molar-refractivity contribution in [3.8, 4) is 0 Å². The standard InChI is InChI=1S/C28H51N3O6/c1-2-3-4-5-6-7-8-9-10-11-12-16-22(21-25(29)32)37-28(36)24(18-15-19-26(33)34)31-27(35)23-17-13-14-20-30-23/h22-24,30H,2-21H2,1H3,(H2,29,32)(H,31,35)(H,33,34)/t22-,23?,24-/m0/s1. The number of nitrogens with two attached hydrogens (primary N) is 1. The monoisotopic (exact) mass is 525 g/mol. The first-order chi connectivity index (χ1) is 17.8. The normalized spacial score (nSPS) is 17.1. The average molecular weight is 526 g/mol. The van der Waals surface area contributed by atoms with E-state index >= 15 is 0 Å². The fourth-order valence-electron chi connectivity index (χ4n) is 4.76. The third-order valence-corrected chi connectivity index (χ3v) is 6.95. The molecule has 0 aliphatic carbocycles. The van der Waals surface area contributed by atoms with Crippen LogP contribution >= 0.6 is 0 Å². The van der Waals surface area contributed by atoms with Crippen LogP contribution in [0.3, 0.4) is 0 Å². The molecule has 9 nitrogen and oxygen atoms in total. The van der Waals surface area contributed by atoms with Crippen molar-refractivity contribution >= 4 is 23.8 Å². The maximum absolute atomic E-state index is 13.0. The van der Waals surface area contributed by atoms with Crippen LogP contribution in [0.25, 0.3) is 0 Å². The van der Waals surface area contributed by atoms with Gasteiger partial charge in [-0.1, -0.05) is 77.6 Å². The molecular weight excluding hydrogens is 474 g/mol. The minimum Gasteiger partial charge on any atom is -0.481 e. The molecule has 0 bridgehead atoms. The van der Waals surface area contributed by atoms with Gasteiger partial charge in [-0.25, -0.2) is 4.79 Å². The highest BCUT2D eigenvalue weighted by molar-refractivity contribution is 5.87. The fourth-order valence-corrected chi connectivity index (χ4v) is 4.76. The second-order valence-corrected chi connectivity index (χ2v) is 10.4. The van der Waals surface area contributed by atoms with Gasteiger partial charge in [0.15, 0.2) is 0 Å². The van der Waals surface area contributed by atoms with E-state index < -0.39 is 30.0 Å². The third-order valence-electron chi connectivity index (χ3n) is 6.95. The summed E-state index contributed by atoms with van der Waals surface area (Å²) >= 11 is 0. The lowest BCUT2D eigenvalue weighted by atomic mass is 10.0. The highest BCUT2D eigenvalue weighted by Gasteiger charge is 2.29. The predicted octanol–water partition coefficient (Wildman–Crippen LogP) is 4.36. The van der Waals surface area contributed by atoms with Gasteiger partial charge in [0.2, 0.25) is 11.8 Å². The van der Waals surface area contributed by atoms with Crippen LogP contribution in [-0.4, -0.2) is 53.6 Å². The van der Waals surface area contributed by atoms with E-state index in [1.54, 1.807) is 0 Å². The summed E-state index contributed by atoms with van der Waals surface area (Å²) in [5, 5.41) is 14.9.